The number of benzene rings is 3. The Labute approximate surface area is 215 Å². The summed E-state index contributed by atoms with van der Waals surface area (Å²) in [7, 11) is 0. The second-order valence-corrected chi connectivity index (χ2v) is 9.55. The molecule has 9 heteroatoms. The molecule has 0 atom stereocenters. The molecule has 5 aromatic rings. The summed E-state index contributed by atoms with van der Waals surface area (Å²) < 4.78 is 4.37. The molecule has 0 aliphatic carbocycles. The third kappa shape index (κ3) is 3.97. The molecular weight excluding hydrogens is 507 g/mol. The molecule has 0 bridgehead atoms. The van der Waals surface area contributed by atoms with Crippen molar-refractivity contribution in [3.8, 4) is 22.8 Å². The van der Waals surface area contributed by atoms with Crippen LogP contribution in [0.15, 0.2) is 82.4 Å². The van der Waals surface area contributed by atoms with Crippen molar-refractivity contribution in [2.24, 2.45) is 0 Å². The van der Waals surface area contributed by atoms with Crippen molar-refractivity contribution in [3.63, 3.8) is 0 Å². The van der Waals surface area contributed by atoms with Gasteiger partial charge in [-0.25, -0.2) is 14.3 Å². The summed E-state index contributed by atoms with van der Waals surface area (Å²) in [4.78, 5) is 32.6. The van der Waals surface area contributed by atoms with Gasteiger partial charge in [0.2, 0.25) is 0 Å². The van der Waals surface area contributed by atoms with Crippen molar-refractivity contribution >= 4 is 46.0 Å². The summed E-state index contributed by atoms with van der Waals surface area (Å²) in [6, 6.07) is 20.6. The van der Waals surface area contributed by atoms with E-state index in [2.05, 4.69) is 0 Å². The van der Waals surface area contributed by atoms with Crippen LogP contribution in [-0.4, -0.2) is 18.7 Å². The molecule has 35 heavy (non-hydrogen) atoms. The van der Waals surface area contributed by atoms with Gasteiger partial charge in [-0.05, 0) is 68.4 Å². The van der Waals surface area contributed by atoms with E-state index in [1.165, 1.54) is 13.7 Å². The number of hydrogen-bond acceptors (Lipinski definition) is 3. The van der Waals surface area contributed by atoms with Gasteiger partial charge in [0.15, 0.2) is 17.0 Å². The molecule has 2 heterocycles. The fourth-order valence-electron chi connectivity index (χ4n) is 4.13. The Morgan fingerprint density at radius 3 is 2.03 bits per heavy atom. The fraction of sp³-hybridized carbons (Fsp3) is 0.115. The Bertz CT molecular complexity index is 1690. The third-order valence-electron chi connectivity index (χ3n) is 5.68. The number of fused-ring (bicyclic) bond motifs is 1. The van der Waals surface area contributed by atoms with Gasteiger partial charge in [0, 0.05) is 21.7 Å². The van der Waals surface area contributed by atoms with Crippen molar-refractivity contribution in [2.45, 2.75) is 19.9 Å². The maximum Gasteiger partial charge on any atom is 0.335 e. The summed E-state index contributed by atoms with van der Waals surface area (Å²) in [5.41, 5.74) is 1.31. The SMILES string of the molecule is CC(C)n1c(=O)n(-c2ccccc2)c2nc(-c3ccc(Cl)cc3Cl)n(-c3ccc(Cl)cc3)c(=O)c21. The van der Waals surface area contributed by atoms with Gasteiger partial charge in [-0.2, -0.15) is 0 Å². The first kappa shape index (κ1) is 23.4. The van der Waals surface area contributed by atoms with Crippen molar-refractivity contribution in [3.05, 3.63) is 109 Å². The van der Waals surface area contributed by atoms with Crippen LogP contribution >= 0.6 is 34.8 Å². The van der Waals surface area contributed by atoms with Gasteiger partial charge in [0.25, 0.3) is 5.56 Å². The molecule has 0 saturated carbocycles. The average Bonchev–Trinajstić information content (AvgIpc) is 3.13. The maximum atomic E-state index is 14.2. The lowest BCUT2D eigenvalue weighted by Crippen LogP contribution is -2.27. The number of halogens is 3. The van der Waals surface area contributed by atoms with Crippen LogP contribution in [0.5, 0.6) is 0 Å². The number of hydrogen-bond donors (Lipinski definition) is 0. The van der Waals surface area contributed by atoms with Crippen molar-refractivity contribution in [1.29, 1.82) is 0 Å². The fourth-order valence-corrected chi connectivity index (χ4v) is 4.75. The molecule has 3 aromatic carbocycles. The van der Waals surface area contributed by atoms with E-state index >= 15 is 0 Å². The Kier molecular flexibility index (Phi) is 6.05. The van der Waals surface area contributed by atoms with E-state index in [1.807, 2.05) is 32.0 Å². The van der Waals surface area contributed by atoms with Crippen LogP contribution in [0.25, 0.3) is 33.9 Å². The molecule has 0 spiro atoms. The molecule has 0 amide bonds. The molecule has 0 aliphatic rings. The van der Waals surface area contributed by atoms with E-state index in [9.17, 15) is 9.59 Å². The predicted molar refractivity (Wildman–Crippen MR) is 142 cm³/mol. The summed E-state index contributed by atoms with van der Waals surface area (Å²) in [6.45, 7) is 3.71. The van der Waals surface area contributed by atoms with E-state index in [0.29, 0.717) is 32.0 Å². The first-order valence-electron chi connectivity index (χ1n) is 10.8. The minimum atomic E-state index is -0.404. The molecule has 5 rings (SSSR count). The van der Waals surface area contributed by atoms with E-state index in [1.54, 1.807) is 54.6 Å². The highest BCUT2D eigenvalue weighted by Gasteiger charge is 2.25. The van der Waals surface area contributed by atoms with Crippen LogP contribution in [0.1, 0.15) is 19.9 Å². The molecule has 0 radical (unpaired) electrons. The molecule has 6 nitrogen and oxygen atoms in total. The van der Waals surface area contributed by atoms with Crippen molar-refractivity contribution in [1.82, 2.24) is 18.7 Å². The topological polar surface area (TPSA) is 61.8 Å². The van der Waals surface area contributed by atoms with Gasteiger partial charge in [0.1, 0.15) is 0 Å². The van der Waals surface area contributed by atoms with Gasteiger partial charge < -0.3 is 0 Å². The lowest BCUT2D eigenvalue weighted by atomic mass is 10.2. The van der Waals surface area contributed by atoms with E-state index < -0.39 is 5.56 Å². The highest BCUT2D eigenvalue weighted by Crippen LogP contribution is 2.31. The highest BCUT2D eigenvalue weighted by molar-refractivity contribution is 6.36. The average molecular weight is 526 g/mol. The Morgan fingerprint density at radius 2 is 1.40 bits per heavy atom. The second-order valence-electron chi connectivity index (χ2n) is 8.27. The first-order chi connectivity index (χ1) is 16.8. The zero-order valence-electron chi connectivity index (χ0n) is 18.7. The van der Waals surface area contributed by atoms with E-state index in [4.69, 9.17) is 39.8 Å². The third-order valence-corrected chi connectivity index (χ3v) is 6.48. The monoisotopic (exact) mass is 524 g/mol. The molecule has 176 valence electrons. The Balaban J connectivity index is 2.00. The van der Waals surface area contributed by atoms with E-state index in [0.717, 1.165) is 0 Å². The largest absolute Gasteiger partial charge is 0.335 e. The summed E-state index contributed by atoms with van der Waals surface area (Å²) in [6.07, 6.45) is 0. The van der Waals surface area contributed by atoms with Crippen molar-refractivity contribution in [2.75, 3.05) is 0 Å². The molecule has 0 aliphatic heterocycles. The van der Waals surface area contributed by atoms with Crippen LogP contribution in [0.4, 0.5) is 0 Å². The Hall–Kier alpha value is -3.32. The second kappa shape index (κ2) is 9.04. The number of nitrogens with zero attached hydrogens (tertiary/aromatic N) is 4. The smallest absolute Gasteiger partial charge is 0.283 e. The molecule has 0 saturated heterocycles. The van der Waals surface area contributed by atoms with Crippen LogP contribution in [-0.2, 0) is 0 Å². The predicted octanol–water partition coefficient (Wildman–Crippen LogP) is 6.55. The quantitative estimate of drug-likeness (QED) is 0.267. The number of rotatable bonds is 4. The van der Waals surface area contributed by atoms with Gasteiger partial charge in [-0.15, -0.1) is 0 Å². The molecule has 0 fully saturated rings. The summed E-state index contributed by atoms with van der Waals surface area (Å²) in [5, 5.41) is 1.30. The molecule has 0 unspecified atom stereocenters. The van der Waals surface area contributed by atoms with Crippen molar-refractivity contribution < 1.29 is 0 Å². The molecule has 2 aromatic heterocycles. The van der Waals surface area contributed by atoms with E-state index in [-0.39, 0.29) is 28.7 Å². The zero-order chi connectivity index (χ0) is 24.9. The van der Waals surface area contributed by atoms with Gasteiger partial charge >= 0.3 is 5.69 Å². The van der Waals surface area contributed by atoms with Crippen LogP contribution < -0.4 is 11.2 Å². The lowest BCUT2D eigenvalue weighted by molar-refractivity contribution is 0.588. The summed E-state index contributed by atoms with van der Waals surface area (Å²) >= 11 is 18.8. The number of para-hydroxylation sites is 1. The Morgan fingerprint density at radius 1 is 0.771 bits per heavy atom. The number of aromatic nitrogens is 4. The maximum absolute atomic E-state index is 14.2. The van der Waals surface area contributed by atoms with Crippen LogP contribution in [0, 0.1) is 0 Å². The number of imidazole rings is 1. The molecular formula is C26H19Cl3N4O2. The standard InChI is InChI=1S/C26H19Cl3N4O2/c1-15(2)31-22-24(33(26(31)35)18-6-4-3-5-7-18)30-23(20-13-10-17(28)14-21(20)29)32(25(22)34)19-11-8-16(27)9-12-19/h3-15H,1-2H3. The van der Waals surface area contributed by atoms with Gasteiger partial charge in [-0.3, -0.25) is 13.9 Å². The summed E-state index contributed by atoms with van der Waals surface area (Å²) in [5.74, 6) is 0.275. The van der Waals surface area contributed by atoms with Crippen LogP contribution in [0.3, 0.4) is 0 Å². The first-order valence-corrected chi connectivity index (χ1v) is 12.0. The van der Waals surface area contributed by atoms with Gasteiger partial charge in [-0.1, -0.05) is 53.0 Å². The lowest BCUT2D eigenvalue weighted by Gasteiger charge is -2.15. The van der Waals surface area contributed by atoms with Gasteiger partial charge in [0.05, 0.1) is 16.4 Å². The normalized spacial score (nSPS) is 11.5. The minimum absolute atomic E-state index is 0.192. The zero-order valence-corrected chi connectivity index (χ0v) is 21.0. The highest BCUT2D eigenvalue weighted by atomic mass is 35.5. The minimum Gasteiger partial charge on any atom is -0.283 e. The molecule has 0 N–H and O–H groups in total. The van der Waals surface area contributed by atoms with Crippen LogP contribution in [0.2, 0.25) is 15.1 Å².